The Labute approximate surface area is 169 Å². The number of aromatic hydroxyl groups is 1. The molecule has 0 aliphatic heterocycles. The van der Waals surface area contributed by atoms with Gasteiger partial charge in [0.15, 0.2) is 0 Å². The standard InChI is InChI=1S/C22H22ClN3O2/c1-14-8-10-20(21(27)12-14)24-22(28)11-9-18-15(2)25-26(16(18)3)13-17-6-4-5-7-19(17)23/h4-12,27H,13H2,1-3H3,(H,24,28)/b11-9+. The quantitative estimate of drug-likeness (QED) is 0.478. The monoisotopic (exact) mass is 395 g/mol. The average molecular weight is 396 g/mol. The van der Waals surface area contributed by atoms with Crippen LogP contribution in [0.3, 0.4) is 0 Å². The van der Waals surface area contributed by atoms with E-state index in [1.54, 1.807) is 18.2 Å². The molecule has 2 aromatic carbocycles. The molecule has 0 saturated heterocycles. The molecule has 6 heteroatoms. The predicted octanol–water partition coefficient (Wildman–Crippen LogP) is 4.87. The van der Waals surface area contributed by atoms with Crippen molar-refractivity contribution in [1.29, 1.82) is 0 Å². The molecule has 0 saturated carbocycles. The number of halogens is 1. The summed E-state index contributed by atoms with van der Waals surface area (Å²) in [6.07, 6.45) is 3.18. The number of hydrogen-bond acceptors (Lipinski definition) is 3. The maximum absolute atomic E-state index is 12.2. The molecule has 144 valence electrons. The second-order valence-corrected chi connectivity index (χ2v) is 7.08. The Morgan fingerprint density at radius 3 is 2.68 bits per heavy atom. The Morgan fingerprint density at radius 2 is 1.96 bits per heavy atom. The van der Waals surface area contributed by atoms with E-state index in [4.69, 9.17) is 11.6 Å². The molecule has 1 heterocycles. The summed E-state index contributed by atoms with van der Waals surface area (Å²) in [7, 11) is 0. The van der Waals surface area contributed by atoms with E-state index in [2.05, 4.69) is 10.4 Å². The molecule has 2 N–H and O–H groups in total. The molecule has 0 fully saturated rings. The van der Waals surface area contributed by atoms with Crippen LogP contribution in [0, 0.1) is 20.8 Å². The summed E-state index contributed by atoms with van der Waals surface area (Å²) in [6.45, 7) is 6.29. The van der Waals surface area contributed by atoms with Crippen LogP contribution in [0.4, 0.5) is 5.69 Å². The minimum Gasteiger partial charge on any atom is -0.506 e. The number of carbonyl (C=O) groups excluding carboxylic acids is 1. The van der Waals surface area contributed by atoms with Crippen molar-refractivity contribution < 1.29 is 9.90 Å². The molecule has 0 unspecified atom stereocenters. The molecule has 0 atom stereocenters. The second kappa shape index (κ2) is 8.31. The molecule has 0 aliphatic rings. The molecule has 1 aromatic heterocycles. The van der Waals surface area contributed by atoms with Crippen LogP contribution in [0.15, 0.2) is 48.5 Å². The van der Waals surface area contributed by atoms with Gasteiger partial charge in [0.1, 0.15) is 5.75 Å². The smallest absolute Gasteiger partial charge is 0.248 e. The van der Waals surface area contributed by atoms with Gasteiger partial charge in [0.05, 0.1) is 17.9 Å². The van der Waals surface area contributed by atoms with Crippen molar-refractivity contribution in [2.24, 2.45) is 0 Å². The van der Waals surface area contributed by atoms with Crippen LogP contribution in [-0.4, -0.2) is 20.8 Å². The maximum Gasteiger partial charge on any atom is 0.248 e. The molecule has 0 spiro atoms. The Morgan fingerprint density at radius 1 is 1.21 bits per heavy atom. The summed E-state index contributed by atoms with van der Waals surface area (Å²) in [4.78, 5) is 12.2. The van der Waals surface area contributed by atoms with Crippen molar-refractivity contribution in [3.8, 4) is 5.75 Å². The van der Waals surface area contributed by atoms with Crippen molar-refractivity contribution in [3.05, 3.63) is 81.6 Å². The molecule has 28 heavy (non-hydrogen) atoms. The molecular formula is C22H22ClN3O2. The fourth-order valence-electron chi connectivity index (χ4n) is 2.97. The minimum absolute atomic E-state index is 0.0432. The first-order chi connectivity index (χ1) is 13.3. The van der Waals surface area contributed by atoms with Crippen LogP contribution in [0.2, 0.25) is 5.02 Å². The number of nitrogens with one attached hydrogen (secondary N) is 1. The van der Waals surface area contributed by atoms with Crippen molar-refractivity contribution in [2.45, 2.75) is 27.3 Å². The van der Waals surface area contributed by atoms with E-state index in [0.29, 0.717) is 17.3 Å². The lowest BCUT2D eigenvalue weighted by Gasteiger charge is -2.07. The third-order valence-electron chi connectivity index (χ3n) is 4.53. The zero-order valence-corrected chi connectivity index (χ0v) is 16.8. The highest BCUT2D eigenvalue weighted by molar-refractivity contribution is 6.31. The lowest BCUT2D eigenvalue weighted by atomic mass is 10.1. The summed E-state index contributed by atoms with van der Waals surface area (Å²) in [5, 5.41) is 17.9. The fraction of sp³-hybridized carbons (Fsp3) is 0.182. The van der Waals surface area contributed by atoms with Gasteiger partial charge in [-0.2, -0.15) is 5.10 Å². The lowest BCUT2D eigenvalue weighted by molar-refractivity contribution is -0.111. The van der Waals surface area contributed by atoms with Gasteiger partial charge in [-0.3, -0.25) is 9.48 Å². The molecule has 1 amide bonds. The van der Waals surface area contributed by atoms with E-state index >= 15 is 0 Å². The van der Waals surface area contributed by atoms with Crippen molar-refractivity contribution in [3.63, 3.8) is 0 Å². The van der Waals surface area contributed by atoms with Gasteiger partial charge < -0.3 is 10.4 Å². The summed E-state index contributed by atoms with van der Waals surface area (Å²) in [5.74, 6) is -0.279. The number of benzene rings is 2. The number of hydrogen-bond donors (Lipinski definition) is 2. The highest BCUT2D eigenvalue weighted by atomic mass is 35.5. The van der Waals surface area contributed by atoms with Crippen LogP contribution >= 0.6 is 11.6 Å². The summed E-state index contributed by atoms with van der Waals surface area (Å²) in [6, 6.07) is 12.8. The van der Waals surface area contributed by atoms with Crippen molar-refractivity contribution in [2.75, 3.05) is 5.32 Å². The Kier molecular flexibility index (Phi) is 5.85. The lowest BCUT2D eigenvalue weighted by Crippen LogP contribution is -2.08. The molecule has 3 aromatic rings. The molecule has 5 nitrogen and oxygen atoms in total. The largest absolute Gasteiger partial charge is 0.506 e. The minimum atomic E-state index is -0.322. The van der Waals surface area contributed by atoms with Gasteiger partial charge >= 0.3 is 0 Å². The van der Waals surface area contributed by atoms with E-state index in [9.17, 15) is 9.90 Å². The fourth-order valence-corrected chi connectivity index (χ4v) is 3.17. The topological polar surface area (TPSA) is 67.2 Å². The number of aryl methyl sites for hydroxylation is 2. The number of amides is 1. The van der Waals surface area contributed by atoms with E-state index in [1.165, 1.54) is 6.08 Å². The zero-order valence-electron chi connectivity index (χ0n) is 16.0. The highest BCUT2D eigenvalue weighted by Crippen LogP contribution is 2.24. The number of rotatable bonds is 5. The van der Waals surface area contributed by atoms with Crippen molar-refractivity contribution in [1.82, 2.24) is 9.78 Å². The second-order valence-electron chi connectivity index (χ2n) is 6.68. The number of phenols is 1. The molecule has 3 rings (SSSR count). The van der Waals surface area contributed by atoms with E-state index in [0.717, 1.165) is 28.1 Å². The van der Waals surface area contributed by atoms with Gasteiger partial charge in [-0.1, -0.05) is 35.9 Å². The van der Waals surface area contributed by atoms with Gasteiger partial charge in [-0.25, -0.2) is 0 Å². The number of carbonyl (C=O) groups is 1. The van der Waals surface area contributed by atoms with Crippen molar-refractivity contribution >= 4 is 29.3 Å². The summed E-state index contributed by atoms with van der Waals surface area (Å²) >= 11 is 6.25. The maximum atomic E-state index is 12.2. The number of nitrogens with zero attached hydrogens (tertiary/aromatic N) is 2. The third-order valence-corrected chi connectivity index (χ3v) is 4.90. The first-order valence-electron chi connectivity index (χ1n) is 8.91. The Bertz CT molecular complexity index is 1050. The number of anilines is 1. The van der Waals surface area contributed by atoms with Crippen LogP contribution < -0.4 is 5.32 Å². The van der Waals surface area contributed by atoms with Crippen LogP contribution in [0.25, 0.3) is 6.08 Å². The Balaban J connectivity index is 1.76. The van der Waals surface area contributed by atoms with Crippen LogP contribution in [0.1, 0.15) is 28.1 Å². The van der Waals surface area contributed by atoms with Gasteiger partial charge in [0.2, 0.25) is 5.91 Å². The van der Waals surface area contributed by atoms with E-state index in [-0.39, 0.29) is 11.7 Å². The van der Waals surface area contributed by atoms with Crippen LogP contribution in [-0.2, 0) is 11.3 Å². The third kappa shape index (κ3) is 4.43. The molecule has 0 aliphatic carbocycles. The molecular weight excluding hydrogens is 374 g/mol. The summed E-state index contributed by atoms with van der Waals surface area (Å²) < 4.78 is 1.87. The SMILES string of the molecule is Cc1ccc(NC(=O)/C=C/c2c(C)nn(Cc3ccccc3Cl)c2C)c(O)c1. The first-order valence-corrected chi connectivity index (χ1v) is 9.29. The number of aromatic nitrogens is 2. The van der Waals surface area contributed by atoms with E-state index < -0.39 is 0 Å². The highest BCUT2D eigenvalue weighted by Gasteiger charge is 2.11. The van der Waals surface area contributed by atoms with Gasteiger partial charge in [0, 0.05) is 22.4 Å². The average Bonchev–Trinajstić information content (AvgIpc) is 2.91. The first kappa shape index (κ1) is 19.7. The normalized spacial score (nSPS) is 11.1. The zero-order chi connectivity index (χ0) is 20.3. The summed E-state index contributed by atoms with van der Waals surface area (Å²) in [5.41, 5.74) is 4.94. The van der Waals surface area contributed by atoms with E-state index in [1.807, 2.05) is 55.8 Å². The Hall–Kier alpha value is -3.05. The number of phenolic OH excluding ortho intramolecular Hbond substituents is 1. The van der Waals surface area contributed by atoms with Gasteiger partial charge in [0.25, 0.3) is 0 Å². The van der Waals surface area contributed by atoms with Gasteiger partial charge in [-0.15, -0.1) is 0 Å². The predicted molar refractivity (Wildman–Crippen MR) is 113 cm³/mol. The molecule has 0 bridgehead atoms. The van der Waals surface area contributed by atoms with Gasteiger partial charge in [-0.05, 0) is 56.2 Å². The van der Waals surface area contributed by atoms with Crippen LogP contribution in [0.5, 0.6) is 5.75 Å². The molecule has 0 radical (unpaired) electrons.